The van der Waals surface area contributed by atoms with Crippen LogP contribution in [0.2, 0.25) is 0 Å². The van der Waals surface area contributed by atoms with Crippen LogP contribution in [0.5, 0.6) is 0 Å². The number of benzene rings is 1. The average Bonchev–Trinajstić information content (AvgIpc) is 2.68. The molecule has 0 spiro atoms. The van der Waals surface area contributed by atoms with Crippen molar-refractivity contribution in [1.29, 1.82) is 0 Å². The molecular weight excluding hydrogens is 242 g/mol. The fourth-order valence-electron chi connectivity index (χ4n) is 2.23. The first-order valence-electron chi connectivity index (χ1n) is 6.38. The number of aliphatic hydroxyl groups is 2. The van der Waals surface area contributed by atoms with Gasteiger partial charge in [-0.15, -0.1) is 0 Å². The first-order chi connectivity index (χ1) is 8.97. The maximum Gasteiger partial charge on any atom is 0.246 e. The van der Waals surface area contributed by atoms with Gasteiger partial charge in [0.1, 0.15) is 0 Å². The van der Waals surface area contributed by atoms with Crippen LogP contribution in [0, 0.1) is 13.8 Å². The van der Waals surface area contributed by atoms with E-state index < -0.39 is 12.2 Å². The van der Waals surface area contributed by atoms with Gasteiger partial charge in [-0.3, -0.25) is 4.79 Å². The highest BCUT2D eigenvalue weighted by atomic mass is 16.3. The number of carbonyl (C=O) groups is 1. The number of rotatable bonds is 2. The largest absolute Gasteiger partial charge is 0.388 e. The maximum atomic E-state index is 11.9. The van der Waals surface area contributed by atoms with Gasteiger partial charge in [0.15, 0.2) is 0 Å². The van der Waals surface area contributed by atoms with Crippen LogP contribution in [0.1, 0.15) is 16.7 Å². The van der Waals surface area contributed by atoms with E-state index in [0.29, 0.717) is 0 Å². The molecule has 0 bridgehead atoms. The quantitative estimate of drug-likeness (QED) is 0.777. The van der Waals surface area contributed by atoms with E-state index in [1.165, 1.54) is 16.5 Å². The van der Waals surface area contributed by atoms with E-state index in [-0.39, 0.29) is 19.0 Å². The van der Waals surface area contributed by atoms with Gasteiger partial charge in [-0.25, -0.2) is 0 Å². The summed E-state index contributed by atoms with van der Waals surface area (Å²) in [6.07, 6.45) is 1.59. The highest BCUT2D eigenvalue weighted by molar-refractivity contribution is 5.92. The lowest BCUT2D eigenvalue weighted by Gasteiger charge is -2.12. The van der Waals surface area contributed by atoms with E-state index in [2.05, 4.69) is 6.07 Å². The second-order valence-electron chi connectivity index (χ2n) is 5.07. The number of aryl methyl sites for hydroxylation is 2. The van der Waals surface area contributed by atoms with Gasteiger partial charge in [0.25, 0.3) is 0 Å². The molecule has 102 valence electrons. The van der Waals surface area contributed by atoms with Crippen molar-refractivity contribution in [1.82, 2.24) is 4.90 Å². The zero-order chi connectivity index (χ0) is 14.0. The van der Waals surface area contributed by atoms with Crippen molar-refractivity contribution in [3.05, 3.63) is 41.0 Å². The molecule has 1 amide bonds. The predicted molar refractivity (Wildman–Crippen MR) is 73.5 cm³/mol. The topological polar surface area (TPSA) is 60.8 Å². The van der Waals surface area contributed by atoms with E-state index in [4.69, 9.17) is 0 Å². The number of nitrogens with zero attached hydrogens (tertiary/aromatic N) is 1. The molecule has 0 aliphatic carbocycles. The Bertz CT molecular complexity index is 500. The van der Waals surface area contributed by atoms with Crippen molar-refractivity contribution in [2.24, 2.45) is 0 Å². The van der Waals surface area contributed by atoms with Crippen LogP contribution in [-0.4, -0.2) is 46.3 Å². The van der Waals surface area contributed by atoms with Crippen molar-refractivity contribution in [2.75, 3.05) is 13.1 Å². The molecule has 4 nitrogen and oxygen atoms in total. The number of likely N-dealkylation sites (tertiary alicyclic amines) is 1. The summed E-state index contributed by atoms with van der Waals surface area (Å²) in [5.74, 6) is -0.185. The lowest BCUT2D eigenvalue weighted by molar-refractivity contribution is -0.125. The molecule has 1 heterocycles. The molecule has 1 aliphatic heterocycles. The normalized spacial score (nSPS) is 23.3. The fraction of sp³-hybridized carbons (Fsp3) is 0.400. The minimum Gasteiger partial charge on any atom is -0.388 e. The fourth-order valence-corrected chi connectivity index (χ4v) is 2.23. The van der Waals surface area contributed by atoms with Crippen LogP contribution in [0.15, 0.2) is 24.3 Å². The minimum absolute atomic E-state index is 0.185. The van der Waals surface area contributed by atoms with Crippen LogP contribution in [0.3, 0.4) is 0 Å². The molecule has 4 heteroatoms. The van der Waals surface area contributed by atoms with Crippen molar-refractivity contribution in [2.45, 2.75) is 26.1 Å². The number of hydrogen-bond acceptors (Lipinski definition) is 3. The first kappa shape index (κ1) is 13.8. The van der Waals surface area contributed by atoms with Crippen LogP contribution in [0.4, 0.5) is 0 Å². The van der Waals surface area contributed by atoms with Crippen molar-refractivity contribution >= 4 is 12.0 Å². The summed E-state index contributed by atoms with van der Waals surface area (Å²) < 4.78 is 0. The number of hydrogen-bond donors (Lipinski definition) is 2. The highest BCUT2D eigenvalue weighted by Crippen LogP contribution is 2.14. The third-order valence-corrected chi connectivity index (χ3v) is 3.40. The smallest absolute Gasteiger partial charge is 0.246 e. The van der Waals surface area contributed by atoms with E-state index in [0.717, 1.165) is 11.1 Å². The van der Waals surface area contributed by atoms with Crippen LogP contribution < -0.4 is 0 Å². The third-order valence-electron chi connectivity index (χ3n) is 3.40. The Morgan fingerprint density at radius 1 is 1.26 bits per heavy atom. The number of amides is 1. The summed E-state index contributed by atoms with van der Waals surface area (Å²) in [6.45, 7) is 4.41. The number of aliphatic hydroxyl groups excluding tert-OH is 2. The molecule has 1 fully saturated rings. The molecule has 0 unspecified atom stereocenters. The van der Waals surface area contributed by atoms with Gasteiger partial charge in [0.2, 0.25) is 5.91 Å². The summed E-state index contributed by atoms with van der Waals surface area (Å²) in [6, 6.07) is 6.04. The van der Waals surface area contributed by atoms with Crippen LogP contribution in [-0.2, 0) is 4.79 Å². The molecule has 0 radical (unpaired) electrons. The predicted octanol–water partition coefficient (Wildman–Crippen LogP) is 0.881. The zero-order valence-corrected chi connectivity index (χ0v) is 11.2. The van der Waals surface area contributed by atoms with Gasteiger partial charge in [-0.1, -0.05) is 23.8 Å². The summed E-state index contributed by atoms with van der Waals surface area (Å²) in [5, 5.41) is 18.8. The summed E-state index contributed by atoms with van der Waals surface area (Å²) >= 11 is 0. The van der Waals surface area contributed by atoms with Crippen LogP contribution in [0.25, 0.3) is 6.08 Å². The molecule has 1 saturated heterocycles. The second kappa shape index (κ2) is 5.55. The second-order valence-corrected chi connectivity index (χ2v) is 5.07. The molecule has 1 aromatic carbocycles. The number of carbonyl (C=O) groups excluding carboxylic acids is 1. The molecule has 0 saturated carbocycles. The van der Waals surface area contributed by atoms with Gasteiger partial charge in [-0.05, 0) is 31.1 Å². The molecule has 2 rings (SSSR count). The van der Waals surface area contributed by atoms with E-state index in [1.807, 2.05) is 26.0 Å². The molecule has 2 atom stereocenters. The summed E-state index contributed by atoms with van der Waals surface area (Å²) in [4.78, 5) is 13.4. The van der Waals surface area contributed by atoms with Crippen molar-refractivity contribution in [3.8, 4) is 0 Å². The Kier molecular flexibility index (Phi) is 4.02. The Labute approximate surface area is 113 Å². The average molecular weight is 261 g/mol. The van der Waals surface area contributed by atoms with Crippen molar-refractivity contribution in [3.63, 3.8) is 0 Å². The Balaban J connectivity index is 2.04. The Morgan fingerprint density at radius 3 is 2.47 bits per heavy atom. The molecule has 19 heavy (non-hydrogen) atoms. The standard InChI is InChI=1S/C15H19NO3/c1-10-3-4-12(11(2)7-10)5-6-15(19)16-8-13(17)14(18)9-16/h3-7,13-14,17-18H,8-9H2,1-2H3/t13-,14+. The summed E-state index contributed by atoms with van der Waals surface area (Å²) in [5.41, 5.74) is 3.30. The monoisotopic (exact) mass is 261 g/mol. The Morgan fingerprint density at radius 2 is 1.89 bits per heavy atom. The Hall–Kier alpha value is -1.65. The molecule has 0 aromatic heterocycles. The zero-order valence-electron chi connectivity index (χ0n) is 11.2. The van der Waals surface area contributed by atoms with E-state index in [1.54, 1.807) is 6.08 Å². The van der Waals surface area contributed by atoms with Gasteiger partial charge in [0, 0.05) is 19.2 Å². The minimum atomic E-state index is -0.835. The lowest BCUT2D eigenvalue weighted by atomic mass is 10.1. The van der Waals surface area contributed by atoms with E-state index in [9.17, 15) is 15.0 Å². The molecular formula is C15H19NO3. The lowest BCUT2D eigenvalue weighted by Crippen LogP contribution is -2.27. The highest BCUT2D eigenvalue weighted by Gasteiger charge is 2.31. The molecule has 1 aromatic rings. The molecule has 2 N–H and O–H groups in total. The maximum absolute atomic E-state index is 11.9. The van der Waals surface area contributed by atoms with E-state index >= 15 is 0 Å². The number of β-amino-alcohol motifs (C(OH)–C–C–N with tert-alkyl or cyclic N) is 2. The summed E-state index contributed by atoms with van der Waals surface area (Å²) in [7, 11) is 0. The first-order valence-corrected chi connectivity index (χ1v) is 6.38. The SMILES string of the molecule is Cc1ccc(C=CC(=O)N2C[C@@H](O)[C@@H](O)C2)c(C)c1. The van der Waals surface area contributed by atoms with Gasteiger partial charge in [-0.2, -0.15) is 0 Å². The van der Waals surface area contributed by atoms with Crippen LogP contribution >= 0.6 is 0 Å². The van der Waals surface area contributed by atoms with Crippen molar-refractivity contribution < 1.29 is 15.0 Å². The van der Waals surface area contributed by atoms with Gasteiger partial charge >= 0.3 is 0 Å². The van der Waals surface area contributed by atoms with Gasteiger partial charge < -0.3 is 15.1 Å². The van der Waals surface area contributed by atoms with Gasteiger partial charge in [0.05, 0.1) is 12.2 Å². The molecule has 1 aliphatic rings. The third kappa shape index (κ3) is 3.22.